The molecule has 2 aliphatic rings. The van der Waals surface area contributed by atoms with Gasteiger partial charge in [0.2, 0.25) is 10.0 Å². The molecule has 184 valence electrons. The highest BCUT2D eigenvalue weighted by atomic mass is 35.5. The number of hydrogen-bond acceptors (Lipinski definition) is 7. The lowest BCUT2D eigenvalue weighted by molar-refractivity contribution is 0.0595. The van der Waals surface area contributed by atoms with E-state index in [-0.39, 0.29) is 34.6 Å². The van der Waals surface area contributed by atoms with Crippen molar-refractivity contribution in [2.45, 2.75) is 36.6 Å². The van der Waals surface area contributed by atoms with Gasteiger partial charge in [-0.15, -0.1) is 0 Å². The summed E-state index contributed by atoms with van der Waals surface area (Å²) in [4.78, 5) is 23.9. The van der Waals surface area contributed by atoms with E-state index in [0.717, 1.165) is 19.4 Å². The Labute approximate surface area is 202 Å². The van der Waals surface area contributed by atoms with Gasteiger partial charge in [-0.2, -0.15) is 9.40 Å². The molecule has 10 nitrogen and oxygen atoms in total. The number of nitrogens with zero attached hydrogens (tertiary/aromatic N) is 3. The lowest BCUT2D eigenvalue weighted by Crippen LogP contribution is -2.41. The van der Waals surface area contributed by atoms with E-state index in [1.165, 1.54) is 33.3 Å². The van der Waals surface area contributed by atoms with Crippen LogP contribution >= 0.6 is 11.6 Å². The second kappa shape index (κ2) is 10.4. The zero-order valence-electron chi connectivity index (χ0n) is 18.5. The average Bonchev–Trinajstić information content (AvgIpc) is 2.86. The van der Waals surface area contributed by atoms with Gasteiger partial charge in [-0.05, 0) is 55.9 Å². The number of carboxylic acid groups (broad SMARTS) is 1. The molecule has 0 amide bonds. The Hall–Kier alpha value is -2.47. The van der Waals surface area contributed by atoms with Crippen LogP contribution in [0.15, 0.2) is 40.2 Å². The fourth-order valence-electron chi connectivity index (χ4n) is 4.30. The highest BCUT2D eigenvalue weighted by Crippen LogP contribution is 2.27. The number of aromatic carboxylic acids is 1. The minimum absolute atomic E-state index is 0.0185. The predicted molar refractivity (Wildman–Crippen MR) is 126 cm³/mol. The van der Waals surface area contributed by atoms with Crippen molar-refractivity contribution in [3.63, 3.8) is 0 Å². The van der Waals surface area contributed by atoms with Gasteiger partial charge in [-0.1, -0.05) is 11.6 Å². The standard InChI is InChI=1S/C22H27ClN4O6S/c23-20-19(24-12-15-2-1-11-33-14-15)13-25-27(21(20)28)17-7-9-26(10-8-17)34(31,32)18-5-3-16(4-6-18)22(29)30/h3-6,13,15,17,24H,1-2,7-12,14H2,(H,29,30)/t15-/m1/s1. The molecule has 0 unspecified atom stereocenters. The van der Waals surface area contributed by atoms with Crippen LogP contribution in [0.1, 0.15) is 42.1 Å². The molecule has 3 heterocycles. The number of benzene rings is 1. The van der Waals surface area contributed by atoms with Crippen LogP contribution in [0.4, 0.5) is 5.69 Å². The Morgan fingerprint density at radius 3 is 2.53 bits per heavy atom. The number of hydrogen-bond donors (Lipinski definition) is 2. The number of piperidine rings is 1. The van der Waals surface area contributed by atoms with Gasteiger partial charge in [-0.25, -0.2) is 17.9 Å². The summed E-state index contributed by atoms with van der Waals surface area (Å²) >= 11 is 6.34. The van der Waals surface area contributed by atoms with Crippen LogP contribution in [0.5, 0.6) is 0 Å². The topological polar surface area (TPSA) is 131 Å². The molecule has 4 rings (SSSR count). The summed E-state index contributed by atoms with van der Waals surface area (Å²) in [6.07, 6.45) is 4.42. The average molecular weight is 511 g/mol. The predicted octanol–water partition coefficient (Wildman–Crippen LogP) is 2.46. The number of carboxylic acids is 1. The Morgan fingerprint density at radius 2 is 1.91 bits per heavy atom. The molecule has 2 aliphatic heterocycles. The van der Waals surface area contributed by atoms with Crippen molar-refractivity contribution < 1.29 is 23.1 Å². The first kappa shape index (κ1) is 24.6. The number of rotatable bonds is 7. The molecule has 1 atom stereocenters. The normalized spacial score (nSPS) is 20.2. The largest absolute Gasteiger partial charge is 0.478 e. The van der Waals surface area contributed by atoms with Gasteiger partial charge in [0.1, 0.15) is 5.02 Å². The van der Waals surface area contributed by atoms with Crippen LogP contribution in [0, 0.1) is 5.92 Å². The first-order valence-corrected chi connectivity index (χ1v) is 13.0. The van der Waals surface area contributed by atoms with E-state index in [9.17, 15) is 18.0 Å². The number of nitrogens with one attached hydrogen (secondary N) is 1. The third kappa shape index (κ3) is 5.27. The molecule has 1 aromatic carbocycles. The Morgan fingerprint density at radius 1 is 1.21 bits per heavy atom. The minimum atomic E-state index is -3.77. The van der Waals surface area contributed by atoms with Gasteiger partial charge in [0, 0.05) is 26.2 Å². The van der Waals surface area contributed by atoms with Gasteiger partial charge >= 0.3 is 5.97 Å². The van der Waals surface area contributed by atoms with Crippen LogP contribution in [-0.2, 0) is 14.8 Å². The summed E-state index contributed by atoms with van der Waals surface area (Å²) in [5, 5.41) is 16.6. The van der Waals surface area contributed by atoms with E-state index in [0.29, 0.717) is 37.6 Å². The zero-order valence-corrected chi connectivity index (χ0v) is 20.1. The molecule has 0 aliphatic carbocycles. The van der Waals surface area contributed by atoms with Gasteiger partial charge in [0.15, 0.2) is 0 Å². The van der Waals surface area contributed by atoms with Crippen LogP contribution in [-0.4, -0.2) is 66.4 Å². The van der Waals surface area contributed by atoms with E-state index in [2.05, 4.69) is 10.4 Å². The van der Waals surface area contributed by atoms with Gasteiger partial charge in [0.05, 0.1) is 35.0 Å². The number of ether oxygens (including phenoxy) is 1. The maximum absolute atomic E-state index is 12.9. The second-order valence-electron chi connectivity index (χ2n) is 8.55. The molecule has 2 saturated heterocycles. The van der Waals surface area contributed by atoms with E-state index in [1.807, 2.05) is 0 Å². The molecule has 1 aromatic heterocycles. The fraction of sp³-hybridized carbons (Fsp3) is 0.500. The smallest absolute Gasteiger partial charge is 0.335 e. The lowest BCUT2D eigenvalue weighted by atomic mass is 10.0. The zero-order chi connectivity index (χ0) is 24.3. The number of halogens is 1. The van der Waals surface area contributed by atoms with Gasteiger partial charge in [-0.3, -0.25) is 4.79 Å². The van der Waals surface area contributed by atoms with Crippen molar-refractivity contribution in [2.75, 3.05) is 38.2 Å². The molecule has 2 fully saturated rings. The molecule has 0 bridgehead atoms. The van der Waals surface area contributed by atoms with Crippen molar-refractivity contribution in [3.8, 4) is 0 Å². The molecular weight excluding hydrogens is 484 g/mol. The van der Waals surface area contributed by atoms with Gasteiger partial charge in [0.25, 0.3) is 5.56 Å². The van der Waals surface area contributed by atoms with E-state index < -0.39 is 21.6 Å². The second-order valence-corrected chi connectivity index (χ2v) is 10.9. The van der Waals surface area contributed by atoms with Crippen LogP contribution in [0.2, 0.25) is 5.02 Å². The highest BCUT2D eigenvalue weighted by Gasteiger charge is 2.31. The lowest BCUT2D eigenvalue weighted by Gasteiger charge is -2.31. The fourth-order valence-corrected chi connectivity index (χ4v) is 5.97. The first-order chi connectivity index (χ1) is 16.3. The summed E-state index contributed by atoms with van der Waals surface area (Å²) < 4.78 is 34.0. The van der Waals surface area contributed by atoms with E-state index in [1.54, 1.807) is 6.20 Å². The quantitative estimate of drug-likeness (QED) is 0.580. The monoisotopic (exact) mass is 510 g/mol. The van der Waals surface area contributed by atoms with Crippen molar-refractivity contribution in [3.05, 3.63) is 51.4 Å². The number of carbonyl (C=O) groups is 1. The minimum Gasteiger partial charge on any atom is -0.478 e. The summed E-state index contributed by atoms with van der Waals surface area (Å²) in [6, 6.07) is 4.85. The molecule has 0 radical (unpaired) electrons. The number of aromatic nitrogens is 2. The van der Waals surface area contributed by atoms with E-state index >= 15 is 0 Å². The van der Waals surface area contributed by atoms with Crippen LogP contribution in [0.25, 0.3) is 0 Å². The maximum Gasteiger partial charge on any atom is 0.335 e. The van der Waals surface area contributed by atoms with Crippen LogP contribution < -0.4 is 10.9 Å². The van der Waals surface area contributed by atoms with Crippen LogP contribution in [0.3, 0.4) is 0 Å². The molecule has 2 aromatic rings. The van der Waals surface area contributed by atoms with E-state index in [4.69, 9.17) is 21.4 Å². The third-order valence-corrected chi connectivity index (χ3v) is 8.57. The van der Waals surface area contributed by atoms with Crippen molar-refractivity contribution in [1.82, 2.24) is 14.1 Å². The Bertz CT molecular complexity index is 1190. The summed E-state index contributed by atoms with van der Waals surface area (Å²) in [5.74, 6) is -0.760. The summed E-state index contributed by atoms with van der Waals surface area (Å²) in [6.45, 7) is 2.53. The first-order valence-electron chi connectivity index (χ1n) is 11.2. The molecule has 34 heavy (non-hydrogen) atoms. The van der Waals surface area contributed by atoms with Crippen molar-refractivity contribution in [1.29, 1.82) is 0 Å². The Balaban J connectivity index is 1.40. The highest BCUT2D eigenvalue weighted by molar-refractivity contribution is 7.89. The SMILES string of the molecule is O=C(O)c1ccc(S(=O)(=O)N2CCC(n3ncc(NC[C@H]4CCCOC4)c(Cl)c3=O)CC2)cc1. The molecular formula is C22H27ClN4O6S. The molecule has 0 spiro atoms. The van der Waals surface area contributed by atoms with Crippen molar-refractivity contribution in [2.24, 2.45) is 5.92 Å². The number of sulfonamides is 1. The summed E-state index contributed by atoms with van der Waals surface area (Å²) in [7, 11) is -3.77. The molecule has 2 N–H and O–H groups in total. The maximum atomic E-state index is 12.9. The Kier molecular flexibility index (Phi) is 7.56. The third-order valence-electron chi connectivity index (χ3n) is 6.29. The van der Waals surface area contributed by atoms with Gasteiger partial charge < -0.3 is 15.2 Å². The summed E-state index contributed by atoms with van der Waals surface area (Å²) in [5.41, 5.74) is 0.0976. The number of anilines is 1. The molecule has 0 saturated carbocycles. The van der Waals surface area contributed by atoms with Crippen molar-refractivity contribution >= 4 is 33.3 Å². The molecule has 12 heteroatoms.